The summed E-state index contributed by atoms with van der Waals surface area (Å²) in [6, 6.07) is 12.0. The summed E-state index contributed by atoms with van der Waals surface area (Å²) in [5, 5.41) is 4.34. The SMILES string of the molecule is COc1ccc(CC(=O)NCc2ccc3[nH]c4c(c3c2)CCCC4)cc1OC. The van der Waals surface area contributed by atoms with Crippen molar-refractivity contribution in [3.8, 4) is 11.5 Å². The topological polar surface area (TPSA) is 63.3 Å². The quantitative estimate of drug-likeness (QED) is 0.683. The molecule has 0 atom stereocenters. The number of methoxy groups -OCH3 is 2. The van der Waals surface area contributed by atoms with Crippen LogP contribution in [0.15, 0.2) is 36.4 Å². The predicted octanol–water partition coefficient (Wildman–Crippen LogP) is 3.92. The molecule has 5 nitrogen and oxygen atoms in total. The Hall–Kier alpha value is -2.95. The number of carbonyl (C=O) groups is 1. The zero-order valence-electron chi connectivity index (χ0n) is 16.4. The number of rotatable bonds is 6. The summed E-state index contributed by atoms with van der Waals surface area (Å²) in [5.74, 6) is 1.29. The smallest absolute Gasteiger partial charge is 0.224 e. The summed E-state index contributed by atoms with van der Waals surface area (Å²) >= 11 is 0. The van der Waals surface area contributed by atoms with E-state index < -0.39 is 0 Å². The molecule has 1 amide bonds. The van der Waals surface area contributed by atoms with Gasteiger partial charge in [0.1, 0.15) is 0 Å². The van der Waals surface area contributed by atoms with E-state index in [1.54, 1.807) is 14.2 Å². The van der Waals surface area contributed by atoms with Crippen molar-refractivity contribution < 1.29 is 14.3 Å². The molecule has 1 aliphatic carbocycles. The lowest BCUT2D eigenvalue weighted by molar-refractivity contribution is -0.120. The fraction of sp³-hybridized carbons (Fsp3) is 0.348. The third-order valence-corrected chi connectivity index (χ3v) is 5.46. The molecule has 1 aromatic heterocycles. The third-order valence-electron chi connectivity index (χ3n) is 5.46. The van der Waals surface area contributed by atoms with Crippen LogP contribution in [-0.4, -0.2) is 25.1 Å². The number of carbonyl (C=O) groups excluding carboxylic acids is 1. The van der Waals surface area contributed by atoms with Crippen molar-refractivity contribution in [2.45, 2.75) is 38.6 Å². The van der Waals surface area contributed by atoms with Crippen molar-refractivity contribution in [2.75, 3.05) is 14.2 Å². The molecule has 1 aliphatic rings. The van der Waals surface area contributed by atoms with Crippen molar-refractivity contribution in [2.24, 2.45) is 0 Å². The highest BCUT2D eigenvalue weighted by molar-refractivity contribution is 5.86. The molecule has 0 saturated heterocycles. The van der Waals surface area contributed by atoms with Crippen LogP contribution in [0.2, 0.25) is 0 Å². The first-order chi connectivity index (χ1) is 13.7. The van der Waals surface area contributed by atoms with E-state index in [1.807, 2.05) is 18.2 Å². The summed E-state index contributed by atoms with van der Waals surface area (Å²) in [4.78, 5) is 15.9. The molecule has 0 unspecified atom stereocenters. The number of aryl methyl sites for hydroxylation is 2. The van der Waals surface area contributed by atoms with Crippen LogP contribution < -0.4 is 14.8 Å². The Kier molecular flexibility index (Phi) is 5.24. The monoisotopic (exact) mass is 378 g/mol. The van der Waals surface area contributed by atoms with E-state index in [0.29, 0.717) is 24.5 Å². The van der Waals surface area contributed by atoms with Gasteiger partial charge in [-0.1, -0.05) is 12.1 Å². The van der Waals surface area contributed by atoms with Gasteiger partial charge in [0.15, 0.2) is 11.5 Å². The average Bonchev–Trinajstić information content (AvgIpc) is 3.10. The number of fused-ring (bicyclic) bond motifs is 3. The van der Waals surface area contributed by atoms with Gasteiger partial charge >= 0.3 is 0 Å². The van der Waals surface area contributed by atoms with Gasteiger partial charge in [-0.25, -0.2) is 0 Å². The van der Waals surface area contributed by atoms with E-state index in [1.165, 1.54) is 35.0 Å². The number of hydrogen-bond donors (Lipinski definition) is 2. The minimum atomic E-state index is -0.0107. The van der Waals surface area contributed by atoms with Crippen LogP contribution >= 0.6 is 0 Å². The Bertz CT molecular complexity index is 1010. The van der Waals surface area contributed by atoms with E-state index in [-0.39, 0.29) is 5.91 Å². The van der Waals surface area contributed by atoms with Crippen LogP contribution in [0.1, 0.15) is 35.2 Å². The van der Waals surface area contributed by atoms with Crippen molar-refractivity contribution >= 4 is 16.8 Å². The molecular weight excluding hydrogens is 352 g/mol. The van der Waals surface area contributed by atoms with E-state index >= 15 is 0 Å². The maximum absolute atomic E-state index is 12.4. The molecule has 0 saturated carbocycles. The van der Waals surface area contributed by atoms with Crippen LogP contribution in [0.4, 0.5) is 0 Å². The molecule has 28 heavy (non-hydrogen) atoms. The molecule has 4 rings (SSSR count). The van der Waals surface area contributed by atoms with Crippen molar-refractivity contribution in [3.05, 3.63) is 58.8 Å². The van der Waals surface area contributed by atoms with Crippen LogP contribution in [0.25, 0.3) is 10.9 Å². The molecule has 2 N–H and O–H groups in total. The Morgan fingerprint density at radius 3 is 2.61 bits per heavy atom. The predicted molar refractivity (Wildman–Crippen MR) is 110 cm³/mol. The summed E-state index contributed by atoms with van der Waals surface area (Å²) in [6.45, 7) is 0.530. The first-order valence-electron chi connectivity index (χ1n) is 9.78. The summed E-state index contributed by atoms with van der Waals surface area (Å²) in [5.41, 5.74) is 6.06. The molecule has 0 bridgehead atoms. The van der Waals surface area contributed by atoms with Crippen LogP contribution in [0.5, 0.6) is 11.5 Å². The molecule has 0 spiro atoms. The highest BCUT2D eigenvalue weighted by Gasteiger charge is 2.15. The van der Waals surface area contributed by atoms with Crippen LogP contribution in [-0.2, 0) is 30.6 Å². The molecule has 0 aliphatic heterocycles. The molecule has 2 aromatic carbocycles. The number of aromatic nitrogens is 1. The zero-order chi connectivity index (χ0) is 19.5. The Morgan fingerprint density at radius 1 is 1.00 bits per heavy atom. The molecule has 0 radical (unpaired) electrons. The van der Waals surface area contributed by atoms with Crippen LogP contribution in [0.3, 0.4) is 0 Å². The van der Waals surface area contributed by atoms with E-state index in [4.69, 9.17) is 9.47 Å². The molecular formula is C23H26N2O3. The molecule has 1 heterocycles. The van der Waals surface area contributed by atoms with E-state index in [9.17, 15) is 4.79 Å². The van der Waals surface area contributed by atoms with Crippen molar-refractivity contribution in [3.63, 3.8) is 0 Å². The normalized spacial score (nSPS) is 13.2. The van der Waals surface area contributed by atoms with Gasteiger partial charge in [0.2, 0.25) is 5.91 Å². The maximum atomic E-state index is 12.4. The van der Waals surface area contributed by atoms with Crippen LogP contribution in [0, 0.1) is 0 Å². The van der Waals surface area contributed by atoms with Gasteiger partial charge in [0.25, 0.3) is 0 Å². The summed E-state index contributed by atoms with van der Waals surface area (Å²) in [7, 11) is 3.19. The van der Waals surface area contributed by atoms with Crippen molar-refractivity contribution in [1.29, 1.82) is 0 Å². The Morgan fingerprint density at radius 2 is 1.79 bits per heavy atom. The Labute approximate surface area is 165 Å². The minimum absolute atomic E-state index is 0.0107. The highest BCUT2D eigenvalue weighted by atomic mass is 16.5. The minimum Gasteiger partial charge on any atom is -0.493 e. The second kappa shape index (κ2) is 7.97. The first-order valence-corrected chi connectivity index (χ1v) is 9.78. The van der Waals surface area contributed by atoms with Gasteiger partial charge in [0.05, 0.1) is 20.6 Å². The number of aromatic amines is 1. The second-order valence-electron chi connectivity index (χ2n) is 7.31. The van der Waals surface area contributed by atoms with Gasteiger partial charge in [0, 0.05) is 23.1 Å². The van der Waals surface area contributed by atoms with Crippen molar-refractivity contribution in [1.82, 2.24) is 10.3 Å². The fourth-order valence-electron chi connectivity index (χ4n) is 4.00. The number of amides is 1. The highest BCUT2D eigenvalue weighted by Crippen LogP contribution is 2.30. The third kappa shape index (κ3) is 3.70. The molecule has 3 aromatic rings. The van der Waals surface area contributed by atoms with E-state index in [0.717, 1.165) is 24.0 Å². The largest absolute Gasteiger partial charge is 0.493 e. The molecule has 146 valence electrons. The lowest BCUT2D eigenvalue weighted by Gasteiger charge is -2.11. The van der Waals surface area contributed by atoms with Gasteiger partial charge in [-0.05, 0) is 66.6 Å². The lowest BCUT2D eigenvalue weighted by atomic mass is 9.95. The second-order valence-corrected chi connectivity index (χ2v) is 7.31. The van der Waals surface area contributed by atoms with E-state index in [2.05, 4.69) is 28.5 Å². The maximum Gasteiger partial charge on any atom is 0.224 e. The molecule has 5 heteroatoms. The van der Waals surface area contributed by atoms with Gasteiger partial charge < -0.3 is 19.8 Å². The first kappa shape index (κ1) is 18.4. The fourth-order valence-corrected chi connectivity index (χ4v) is 4.00. The average molecular weight is 378 g/mol. The lowest BCUT2D eigenvalue weighted by Crippen LogP contribution is -2.24. The standard InChI is InChI=1S/C23H26N2O3/c1-27-21-10-8-15(12-22(21)28-2)13-23(26)24-14-16-7-9-20-18(11-16)17-5-3-4-6-19(17)25-20/h7-12,25H,3-6,13-14H2,1-2H3,(H,24,26). The number of ether oxygens (including phenoxy) is 2. The summed E-state index contributed by atoms with van der Waals surface area (Å²) in [6.07, 6.45) is 5.11. The summed E-state index contributed by atoms with van der Waals surface area (Å²) < 4.78 is 10.5. The van der Waals surface area contributed by atoms with Gasteiger partial charge in [-0.2, -0.15) is 0 Å². The number of H-pyrrole nitrogens is 1. The van der Waals surface area contributed by atoms with Gasteiger partial charge in [-0.15, -0.1) is 0 Å². The zero-order valence-corrected chi connectivity index (χ0v) is 16.4. The Balaban J connectivity index is 1.42. The van der Waals surface area contributed by atoms with Gasteiger partial charge in [-0.3, -0.25) is 4.79 Å². The number of nitrogens with one attached hydrogen (secondary N) is 2. The molecule has 0 fully saturated rings. The number of benzene rings is 2. The number of hydrogen-bond acceptors (Lipinski definition) is 3.